The number of amides is 1. The monoisotopic (exact) mass is 356 g/mol. The number of hydrogen-bond donors (Lipinski definition) is 0. The third kappa shape index (κ3) is 3.71. The summed E-state index contributed by atoms with van der Waals surface area (Å²) in [6, 6.07) is 7.28. The molecule has 1 fully saturated rings. The second-order valence-corrected chi connectivity index (χ2v) is 6.27. The summed E-state index contributed by atoms with van der Waals surface area (Å²) in [6.07, 6.45) is 5.25. The summed E-state index contributed by atoms with van der Waals surface area (Å²) in [7, 11) is 4.97. The number of anilines is 2. The first kappa shape index (κ1) is 18.0. The number of aromatic nitrogens is 2. The van der Waals surface area contributed by atoms with Gasteiger partial charge in [0.05, 0.1) is 20.1 Å². The van der Waals surface area contributed by atoms with Crippen molar-refractivity contribution in [2.45, 2.75) is 12.8 Å². The van der Waals surface area contributed by atoms with Gasteiger partial charge in [-0.25, -0.2) is 9.97 Å². The number of carbonyl (C=O) groups is 1. The molecule has 0 bridgehead atoms. The number of nitrogens with zero attached hydrogens (tertiary/aromatic N) is 4. The van der Waals surface area contributed by atoms with Crippen LogP contribution in [0.2, 0.25) is 0 Å². The molecule has 1 aromatic heterocycles. The first-order valence-electron chi connectivity index (χ1n) is 8.65. The Kier molecular flexibility index (Phi) is 5.55. The predicted molar refractivity (Wildman–Crippen MR) is 99.9 cm³/mol. The van der Waals surface area contributed by atoms with E-state index in [9.17, 15) is 4.79 Å². The summed E-state index contributed by atoms with van der Waals surface area (Å²) in [5.74, 6) is 1.91. The van der Waals surface area contributed by atoms with Crippen LogP contribution in [0.25, 0.3) is 0 Å². The molecule has 0 spiro atoms. The van der Waals surface area contributed by atoms with Gasteiger partial charge in [0.15, 0.2) is 11.5 Å². The normalized spacial score (nSPS) is 16.9. The zero-order chi connectivity index (χ0) is 18.5. The third-order valence-electron chi connectivity index (χ3n) is 4.69. The minimum Gasteiger partial charge on any atom is -0.493 e. The highest BCUT2D eigenvalue weighted by Crippen LogP contribution is 2.32. The van der Waals surface area contributed by atoms with E-state index in [1.165, 1.54) is 0 Å². The molecule has 1 saturated heterocycles. The quantitative estimate of drug-likeness (QED) is 0.819. The van der Waals surface area contributed by atoms with Crippen LogP contribution in [0.15, 0.2) is 36.7 Å². The Morgan fingerprint density at radius 2 is 1.92 bits per heavy atom. The molecule has 1 aliphatic heterocycles. The molecule has 1 aromatic carbocycles. The second kappa shape index (κ2) is 8.03. The van der Waals surface area contributed by atoms with Crippen molar-refractivity contribution >= 4 is 17.5 Å². The maximum Gasteiger partial charge on any atom is 0.231 e. The molecule has 0 unspecified atom stereocenters. The number of ether oxygens (including phenoxy) is 2. The van der Waals surface area contributed by atoms with Crippen molar-refractivity contribution in [3.63, 3.8) is 0 Å². The maximum absolute atomic E-state index is 13.0. The summed E-state index contributed by atoms with van der Waals surface area (Å²) in [5, 5.41) is 0. The van der Waals surface area contributed by atoms with Gasteiger partial charge in [0, 0.05) is 44.3 Å². The fourth-order valence-corrected chi connectivity index (χ4v) is 3.25. The molecule has 0 radical (unpaired) electrons. The van der Waals surface area contributed by atoms with Crippen LogP contribution in [-0.2, 0) is 4.79 Å². The van der Waals surface area contributed by atoms with Crippen molar-refractivity contribution in [2.75, 3.05) is 44.2 Å². The average molecular weight is 356 g/mol. The Hall–Kier alpha value is -2.83. The van der Waals surface area contributed by atoms with E-state index in [0.717, 1.165) is 25.1 Å². The Morgan fingerprint density at radius 3 is 2.62 bits per heavy atom. The van der Waals surface area contributed by atoms with E-state index in [1.807, 2.05) is 18.2 Å². The van der Waals surface area contributed by atoms with Crippen LogP contribution in [0.3, 0.4) is 0 Å². The Balaban J connectivity index is 1.74. The SMILES string of the molecule is COc1ccc(N(C)C(=O)[C@H]2CCCN(c3ncccn3)C2)cc1OC. The molecule has 0 saturated carbocycles. The zero-order valence-corrected chi connectivity index (χ0v) is 15.4. The number of rotatable bonds is 5. The summed E-state index contributed by atoms with van der Waals surface area (Å²) >= 11 is 0. The van der Waals surface area contributed by atoms with Crippen molar-refractivity contribution < 1.29 is 14.3 Å². The molecular formula is C19H24N4O3. The van der Waals surface area contributed by atoms with E-state index in [-0.39, 0.29) is 11.8 Å². The highest BCUT2D eigenvalue weighted by atomic mass is 16.5. The van der Waals surface area contributed by atoms with Gasteiger partial charge in [-0.1, -0.05) is 0 Å². The zero-order valence-electron chi connectivity index (χ0n) is 15.4. The minimum absolute atomic E-state index is 0.0813. The predicted octanol–water partition coefficient (Wildman–Crippen LogP) is 2.37. The average Bonchev–Trinajstić information content (AvgIpc) is 2.72. The van der Waals surface area contributed by atoms with Gasteiger partial charge >= 0.3 is 0 Å². The smallest absolute Gasteiger partial charge is 0.231 e. The number of piperidine rings is 1. The second-order valence-electron chi connectivity index (χ2n) is 6.27. The van der Waals surface area contributed by atoms with E-state index >= 15 is 0 Å². The number of hydrogen-bond acceptors (Lipinski definition) is 6. The van der Waals surface area contributed by atoms with Gasteiger partial charge in [0.25, 0.3) is 0 Å². The molecule has 2 aromatic rings. The van der Waals surface area contributed by atoms with Gasteiger partial charge < -0.3 is 19.3 Å². The molecular weight excluding hydrogens is 332 g/mol. The van der Waals surface area contributed by atoms with Crippen LogP contribution < -0.4 is 19.3 Å². The molecule has 26 heavy (non-hydrogen) atoms. The van der Waals surface area contributed by atoms with Crippen molar-refractivity contribution in [3.05, 3.63) is 36.7 Å². The third-order valence-corrected chi connectivity index (χ3v) is 4.69. The van der Waals surface area contributed by atoms with Crippen LogP contribution >= 0.6 is 0 Å². The Morgan fingerprint density at radius 1 is 1.19 bits per heavy atom. The lowest BCUT2D eigenvalue weighted by atomic mass is 9.96. The van der Waals surface area contributed by atoms with E-state index < -0.39 is 0 Å². The van der Waals surface area contributed by atoms with Crippen LogP contribution in [0.1, 0.15) is 12.8 Å². The van der Waals surface area contributed by atoms with Gasteiger partial charge in [-0.3, -0.25) is 4.79 Å². The summed E-state index contributed by atoms with van der Waals surface area (Å²) in [6.45, 7) is 1.49. The van der Waals surface area contributed by atoms with E-state index in [0.29, 0.717) is 24.0 Å². The fourth-order valence-electron chi connectivity index (χ4n) is 3.25. The number of benzene rings is 1. The Bertz CT molecular complexity index is 754. The van der Waals surface area contributed by atoms with Gasteiger partial charge in [-0.2, -0.15) is 0 Å². The minimum atomic E-state index is -0.0920. The lowest BCUT2D eigenvalue weighted by Crippen LogP contribution is -2.44. The summed E-state index contributed by atoms with van der Waals surface area (Å²) in [4.78, 5) is 25.4. The molecule has 7 heteroatoms. The fraction of sp³-hybridized carbons (Fsp3) is 0.421. The van der Waals surface area contributed by atoms with Crippen molar-refractivity contribution in [1.82, 2.24) is 9.97 Å². The van der Waals surface area contributed by atoms with Crippen molar-refractivity contribution in [1.29, 1.82) is 0 Å². The van der Waals surface area contributed by atoms with Gasteiger partial charge in [-0.15, -0.1) is 0 Å². The van der Waals surface area contributed by atoms with Crippen molar-refractivity contribution in [3.8, 4) is 11.5 Å². The molecule has 138 valence electrons. The molecule has 2 heterocycles. The molecule has 1 atom stereocenters. The molecule has 0 aliphatic carbocycles. The van der Waals surface area contributed by atoms with E-state index in [1.54, 1.807) is 44.6 Å². The lowest BCUT2D eigenvalue weighted by molar-refractivity contribution is -0.122. The highest BCUT2D eigenvalue weighted by Gasteiger charge is 2.29. The number of methoxy groups -OCH3 is 2. The molecule has 3 rings (SSSR count). The van der Waals surface area contributed by atoms with Crippen LogP contribution in [-0.4, -0.2) is 50.2 Å². The van der Waals surface area contributed by atoms with Gasteiger partial charge in [0.2, 0.25) is 11.9 Å². The number of carbonyl (C=O) groups excluding carboxylic acids is 1. The maximum atomic E-state index is 13.0. The van der Waals surface area contributed by atoms with Crippen LogP contribution in [0, 0.1) is 5.92 Å². The first-order chi connectivity index (χ1) is 12.6. The molecule has 1 amide bonds. The molecule has 0 N–H and O–H groups in total. The summed E-state index contributed by atoms with van der Waals surface area (Å²) < 4.78 is 10.6. The van der Waals surface area contributed by atoms with Gasteiger partial charge in [0.1, 0.15) is 0 Å². The van der Waals surface area contributed by atoms with Crippen LogP contribution in [0.5, 0.6) is 11.5 Å². The van der Waals surface area contributed by atoms with Gasteiger partial charge in [-0.05, 0) is 31.0 Å². The van der Waals surface area contributed by atoms with Crippen LogP contribution in [0.4, 0.5) is 11.6 Å². The largest absolute Gasteiger partial charge is 0.493 e. The lowest BCUT2D eigenvalue weighted by Gasteiger charge is -2.34. The first-order valence-corrected chi connectivity index (χ1v) is 8.65. The highest BCUT2D eigenvalue weighted by molar-refractivity contribution is 5.95. The topological polar surface area (TPSA) is 67.8 Å². The standard InChI is InChI=1S/C19H24N4O3/c1-22(15-7-8-16(25-2)17(12-15)26-3)18(24)14-6-4-11-23(13-14)19-20-9-5-10-21-19/h5,7-10,12,14H,4,6,11,13H2,1-3H3/t14-/m0/s1. The van der Waals surface area contributed by atoms with Crippen molar-refractivity contribution in [2.24, 2.45) is 5.92 Å². The van der Waals surface area contributed by atoms with E-state index in [4.69, 9.17) is 9.47 Å². The summed E-state index contributed by atoms with van der Waals surface area (Å²) in [5.41, 5.74) is 0.778. The molecule has 1 aliphatic rings. The van der Waals surface area contributed by atoms with E-state index in [2.05, 4.69) is 14.9 Å². The Labute approximate surface area is 153 Å². The molecule has 7 nitrogen and oxygen atoms in total.